The number of carbonyl (C=O) groups is 1. The van der Waals surface area contributed by atoms with Crippen LogP contribution in [-0.4, -0.2) is 73.9 Å². The van der Waals surface area contributed by atoms with Crippen molar-refractivity contribution in [3.63, 3.8) is 0 Å². The zero-order chi connectivity index (χ0) is 31.0. The van der Waals surface area contributed by atoms with Crippen LogP contribution in [0.5, 0.6) is 0 Å². The van der Waals surface area contributed by atoms with Crippen LogP contribution in [0.2, 0.25) is 0 Å². The molecule has 4 rings (SSSR count). The SMILES string of the molecule is C=C1CC[C@H](O)C/C1=C\C=C1/CCC[C@]2(C)[C@@H]([C@H](C)/C=C/[C@H](C)C(C)(C)O[C@@H]3O[C@H](C(=O)O)[C@@H](O)[C@H](O)[C@H]3O)CC[C@@H]12. The maximum absolute atomic E-state index is 11.5. The summed E-state index contributed by atoms with van der Waals surface area (Å²) >= 11 is 0. The monoisotopic (exact) mass is 588 g/mol. The van der Waals surface area contributed by atoms with Crippen LogP contribution in [0.1, 0.15) is 86.0 Å². The summed E-state index contributed by atoms with van der Waals surface area (Å²) in [6.07, 6.45) is 8.80. The molecule has 5 N–H and O–H groups in total. The number of fused-ring (bicyclic) bond motifs is 1. The first-order valence-electron chi connectivity index (χ1n) is 15.7. The Hall–Kier alpha value is -1.81. The Bertz CT molecular complexity index is 1090. The summed E-state index contributed by atoms with van der Waals surface area (Å²) < 4.78 is 11.4. The number of hydrogen-bond acceptors (Lipinski definition) is 7. The Kier molecular flexibility index (Phi) is 10.3. The molecule has 236 valence electrons. The lowest BCUT2D eigenvalue weighted by Crippen LogP contribution is -2.61. The number of aliphatic hydroxyl groups excluding tert-OH is 4. The van der Waals surface area contributed by atoms with Crippen molar-refractivity contribution in [2.24, 2.45) is 29.1 Å². The van der Waals surface area contributed by atoms with Crippen molar-refractivity contribution in [1.82, 2.24) is 0 Å². The average Bonchev–Trinajstić information content (AvgIpc) is 3.29. The molecule has 0 aromatic carbocycles. The van der Waals surface area contributed by atoms with Gasteiger partial charge in [0.1, 0.15) is 18.3 Å². The standard InChI is InChI=1S/C34H52O8/c1-19-10-14-24(35)18-23(19)13-12-22-8-7-17-34(6)25(15-16-26(22)34)20(2)9-11-21(3)33(4,5)42-32-29(38)27(36)28(37)30(41-32)31(39)40/h9,11-13,20-21,24-30,32,35-38H,1,7-8,10,14-18H2,2-6H3,(H,39,40)/b11-9+,22-12+,23-13+/t20-,21+,24+,25-,26+,27+,28+,29-,30+,32+,34-/m1/s1. The van der Waals surface area contributed by atoms with Gasteiger partial charge in [-0.3, -0.25) is 0 Å². The third-order valence-electron chi connectivity index (χ3n) is 10.9. The predicted octanol–water partition coefficient (Wildman–Crippen LogP) is 4.67. The van der Waals surface area contributed by atoms with Crippen LogP contribution in [0.25, 0.3) is 0 Å². The fourth-order valence-electron chi connectivity index (χ4n) is 7.80. The molecule has 0 spiro atoms. The predicted molar refractivity (Wildman–Crippen MR) is 160 cm³/mol. The number of rotatable bonds is 8. The molecule has 3 aliphatic carbocycles. The fourth-order valence-corrected chi connectivity index (χ4v) is 7.80. The Labute approximate surface area is 250 Å². The van der Waals surface area contributed by atoms with Crippen LogP contribution in [0.15, 0.2) is 47.6 Å². The molecule has 1 saturated heterocycles. The van der Waals surface area contributed by atoms with Crippen molar-refractivity contribution in [3.05, 3.63) is 47.6 Å². The van der Waals surface area contributed by atoms with E-state index in [-0.39, 0.29) is 17.4 Å². The van der Waals surface area contributed by atoms with Gasteiger partial charge in [0.25, 0.3) is 0 Å². The van der Waals surface area contributed by atoms with Crippen LogP contribution in [-0.2, 0) is 14.3 Å². The number of hydrogen-bond donors (Lipinski definition) is 5. The Morgan fingerprint density at radius 3 is 2.45 bits per heavy atom. The number of ether oxygens (including phenoxy) is 2. The molecule has 0 radical (unpaired) electrons. The van der Waals surface area contributed by atoms with Crippen LogP contribution in [0, 0.1) is 29.1 Å². The zero-order valence-electron chi connectivity index (χ0n) is 25.9. The van der Waals surface area contributed by atoms with Crippen LogP contribution < -0.4 is 0 Å². The second-order valence-electron chi connectivity index (χ2n) is 14.0. The Morgan fingerprint density at radius 2 is 1.76 bits per heavy atom. The highest BCUT2D eigenvalue weighted by Gasteiger charge is 2.51. The van der Waals surface area contributed by atoms with Crippen molar-refractivity contribution < 1.29 is 39.8 Å². The molecule has 42 heavy (non-hydrogen) atoms. The highest BCUT2D eigenvalue weighted by atomic mass is 16.7. The van der Waals surface area contributed by atoms with Crippen molar-refractivity contribution in [2.45, 2.75) is 128 Å². The minimum Gasteiger partial charge on any atom is -0.479 e. The van der Waals surface area contributed by atoms with Gasteiger partial charge in [-0.25, -0.2) is 4.79 Å². The number of aliphatic carboxylic acids is 1. The van der Waals surface area contributed by atoms with E-state index in [9.17, 15) is 30.3 Å². The zero-order valence-corrected chi connectivity index (χ0v) is 25.9. The quantitative estimate of drug-likeness (QED) is 0.258. The van der Waals surface area contributed by atoms with Crippen molar-refractivity contribution in [1.29, 1.82) is 0 Å². The highest BCUT2D eigenvalue weighted by Crippen LogP contribution is 2.59. The summed E-state index contributed by atoms with van der Waals surface area (Å²) in [4.78, 5) is 11.5. The smallest absolute Gasteiger partial charge is 0.335 e. The molecule has 3 saturated carbocycles. The topological polar surface area (TPSA) is 137 Å². The maximum atomic E-state index is 11.5. The molecule has 1 heterocycles. The van der Waals surface area contributed by atoms with E-state index in [1.807, 2.05) is 20.8 Å². The van der Waals surface area contributed by atoms with E-state index in [2.05, 4.69) is 44.7 Å². The van der Waals surface area contributed by atoms with Crippen LogP contribution >= 0.6 is 0 Å². The van der Waals surface area contributed by atoms with E-state index in [1.165, 1.54) is 36.8 Å². The molecule has 8 heteroatoms. The van der Waals surface area contributed by atoms with Gasteiger partial charge in [-0.15, -0.1) is 0 Å². The van der Waals surface area contributed by atoms with Crippen molar-refractivity contribution >= 4 is 5.97 Å². The molecule has 0 bridgehead atoms. The molecule has 8 nitrogen and oxygen atoms in total. The summed E-state index contributed by atoms with van der Waals surface area (Å²) in [7, 11) is 0. The van der Waals surface area contributed by atoms with Gasteiger partial charge in [-0.05, 0) is 94.0 Å². The first-order chi connectivity index (χ1) is 19.7. The third-order valence-corrected chi connectivity index (χ3v) is 10.9. The molecular formula is C34H52O8. The summed E-state index contributed by atoms with van der Waals surface area (Å²) in [5, 5.41) is 50.1. The van der Waals surface area contributed by atoms with Gasteiger partial charge in [-0.1, -0.05) is 62.8 Å². The minimum absolute atomic E-state index is 0.111. The minimum atomic E-state index is -1.75. The Balaban J connectivity index is 1.41. The van der Waals surface area contributed by atoms with Crippen LogP contribution in [0.4, 0.5) is 0 Å². The van der Waals surface area contributed by atoms with Gasteiger partial charge in [0, 0.05) is 5.92 Å². The first-order valence-corrected chi connectivity index (χ1v) is 15.7. The summed E-state index contributed by atoms with van der Waals surface area (Å²) in [6, 6.07) is 0. The van der Waals surface area contributed by atoms with Gasteiger partial charge in [-0.2, -0.15) is 0 Å². The fraction of sp³-hybridized carbons (Fsp3) is 0.735. The average molecular weight is 589 g/mol. The van der Waals surface area contributed by atoms with Gasteiger partial charge in [0.05, 0.1) is 11.7 Å². The second kappa shape index (κ2) is 13.0. The van der Waals surface area contributed by atoms with E-state index in [0.29, 0.717) is 24.2 Å². The molecule has 0 amide bonds. The van der Waals surface area contributed by atoms with E-state index < -0.39 is 42.3 Å². The molecule has 11 atom stereocenters. The third kappa shape index (κ3) is 6.79. The summed E-state index contributed by atoms with van der Waals surface area (Å²) in [5.74, 6) is -0.110. The molecular weight excluding hydrogens is 536 g/mol. The first kappa shape index (κ1) is 33.1. The summed E-state index contributed by atoms with van der Waals surface area (Å²) in [6.45, 7) is 14.7. The van der Waals surface area contributed by atoms with Gasteiger partial charge >= 0.3 is 5.97 Å². The number of allylic oxidation sites excluding steroid dienone is 5. The second-order valence-corrected chi connectivity index (χ2v) is 14.0. The number of carboxylic acids is 1. The molecule has 0 aromatic rings. The number of carboxylic acid groups (broad SMARTS) is 1. The maximum Gasteiger partial charge on any atom is 0.335 e. The normalized spacial score (nSPS) is 41.3. The Morgan fingerprint density at radius 1 is 1.05 bits per heavy atom. The largest absolute Gasteiger partial charge is 0.479 e. The van der Waals surface area contributed by atoms with Gasteiger partial charge in [0.2, 0.25) is 0 Å². The molecule has 0 unspecified atom stereocenters. The van der Waals surface area contributed by atoms with Crippen LogP contribution in [0.3, 0.4) is 0 Å². The summed E-state index contributed by atoms with van der Waals surface area (Å²) in [5.41, 5.74) is 3.24. The lowest BCUT2D eigenvalue weighted by atomic mass is 9.61. The molecule has 4 aliphatic rings. The lowest BCUT2D eigenvalue weighted by Gasteiger charge is -2.44. The van der Waals surface area contributed by atoms with E-state index in [0.717, 1.165) is 24.8 Å². The lowest BCUT2D eigenvalue weighted by molar-refractivity contribution is -0.319. The molecule has 0 aromatic heterocycles. The van der Waals surface area contributed by atoms with E-state index >= 15 is 0 Å². The van der Waals surface area contributed by atoms with E-state index in [1.54, 1.807) is 0 Å². The molecule has 1 aliphatic heterocycles. The highest BCUT2D eigenvalue weighted by molar-refractivity contribution is 5.73. The van der Waals surface area contributed by atoms with Crippen molar-refractivity contribution in [3.8, 4) is 0 Å². The molecule has 4 fully saturated rings. The van der Waals surface area contributed by atoms with Gasteiger partial charge < -0.3 is 35.0 Å². The number of aliphatic hydroxyl groups is 4. The van der Waals surface area contributed by atoms with E-state index in [4.69, 9.17) is 9.47 Å². The van der Waals surface area contributed by atoms with Gasteiger partial charge in [0.15, 0.2) is 12.4 Å². The van der Waals surface area contributed by atoms with Crippen molar-refractivity contribution in [2.75, 3.05) is 0 Å².